The van der Waals surface area contributed by atoms with E-state index in [9.17, 15) is 9.90 Å². The quantitative estimate of drug-likeness (QED) is 0.274. The van der Waals surface area contributed by atoms with Crippen LogP contribution in [-0.4, -0.2) is 31.9 Å². The molecule has 3 heterocycles. The Labute approximate surface area is 228 Å². The Morgan fingerprint density at radius 1 is 0.923 bits per heavy atom. The molecule has 1 aliphatic heterocycles. The van der Waals surface area contributed by atoms with Crippen LogP contribution < -0.4 is 9.47 Å². The summed E-state index contributed by atoms with van der Waals surface area (Å²) in [6.45, 7) is 0.410. The summed E-state index contributed by atoms with van der Waals surface area (Å²) in [5, 5.41) is 11.9. The summed E-state index contributed by atoms with van der Waals surface area (Å²) in [6, 6.07) is 25.7. The Balaban J connectivity index is 1.38. The number of hydrogen-bond acceptors (Lipinski definition) is 9. The van der Waals surface area contributed by atoms with E-state index in [1.807, 2.05) is 36.4 Å². The van der Waals surface area contributed by atoms with Crippen molar-refractivity contribution in [3.8, 4) is 11.6 Å². The van der Waals surface area contributed by atoms with Crippen molar-refractivity contribution in [1.29, 1.82) is 0 Å². The van der Waals surface area contributed by atoms with Crippen molar-refractivity contribution in [3.63, 3.8) is 0 Å². The molecule has 3 aromatic carbocycles. The molecule has 0 saturated carbocycles. The largest absolute Gasteiger partial charge is 0.489 e. The molecule has 1 atom stereocenters. The molecular formula is C30H23N3O5S. The summed E-state index contributed by atoms with van der Waals surface area (Å²) < 4.78 is 25.3. The number of benzene rings is 3. The number of ether oxygens (including phenoxy) is 3. The van der Waals surface area contributed by atoms with Gasteiger partial charge in [0.05, 0.1) is 24.4 Å². The normalized spacial score (nSPS) is 16.9. The van der Waals surface area contributed by atoms with Gasteiger partial charge in [-0.25, -0.2) is 9.78 Å². The van der Waals surface area contributed by atoms with Gasteiger partial charge in [0, 0.05) is 29.8 Å². The second kappa shape index (κ2) is 10.3. The van der Waals surface area contributed by atoms with Crippen LogP contribution in [0.3, 0.4) is 0 Å². The number of aliphatic hydroxyl groups is 1. The Bertz CT molecular complexity index is 1670. The average molecular weight is 538 g/mol. The third-order valence-electron chi connectivity index (χ3n) is 6.58. The van der Waals surface area contributed by atoms with Crippen molar-refractivity contribution in [2.24, 2.45) is 0 Å². The maximum Gasteiger partial charge on any atom is 0.342 e. The summed E-state index contributed by atoms with van der Waals surface area (Å²) in [4.78, 5) is 17.6. The zero-order valence-electron chi connectivity index (χ0n) is 20.9. The van der Waals surface area contributed by atoms with Gasteiger partial charge in [0.2, 0.25) is 5.88 Å². The smallest absolute Gasteiger partial charge is 0.342 e. The third kappa shape index (κ3) is 4.85. The van der Waals surface area contributed by atoms with Gasteiger partial charge in [-0.3, -0.25) is 0 Å². The van der Waals surface area contributed by atoms with Crippen LogP contribution in [0.4, 0.5) is 0 Å². The minimum absolute atomic E-state index is 0.216. The fraction of sp³-hybridized carbons (Fsp3) is 0.133. The van der Waals surface area contributed by atoms with E-state index in [0.29, 0.717) is 40.5 Å². The molecule has 5 aromatic rings. The maximum atomic E-state index is 13.3. The first kappa shape index (κ1) is 24.7. The molecule has 194 valence electrons. The van der Waals surface area contributed by atoms with Crippen LogP contribution in [0.15, 0.2) is 96.7 Å². The van der Waals surface area contributed by atoms with E-state index in [-0.39, 0.29) is 12.0 Å². The molecule has 0 bridgehead atoms. The van der Waals surface area contributed by atoms with Crippen LogP contribution in [-0.2, 0) is 28.3 Å². The molecule has 1 aliphatic rings. The molecule has 1 unspecified atom stereocenters. The lowest BCUT2D eigenvalue weighted by molar-refractivity contribution is -0.185. The second-order valence-electron chi connectivity index (χ2n) is 9.04. The fourth-order valence-corrected chi connectivity index (χ4v) is 5.09. The molecule has 39 heavy (non-hydrogen) atoms. The van der Waals surface area contributed by atoms with Gasteiger partial charge in [0.1, 0.15) is 23.4 Å². The molecule has 0 amide bonds. The number of methoxy groups -OCH3 is 1. The number of carbonyl (C=O) groups is 1. The Hall–Kier alpha value is -4.60. The van der Waals surface area contributed by atoms with Gasteiger partial charge in [-0.2, -0.15) is 8.75 Å². The summed E-state index contributed by atoms with van der Waals surface area (Å²) in [6.07, 6.45) is 1.87. The molecular weight excluding hydrogens is 514 g/mol. The van der Waals surface area contributed by atoms with Crippen molar-refractivity contribution in [2.75, 3.05) is 7.11 Å². The van der Waals surface area contributed by atoms with E-state index < -0.39 is 11.8 Å². The number of rotatable bonds is 8. The second-order valence-corrected chi connectivity index (χ2v) is 9.57. The van der Waals surface area contributed by atoms with E-state index in [0.717, 1.165) is 28.4 Å². The molecule has 0 fully saturated rings. The predicted molar refractivity (Wildman–Crippen MR) is 146 cm³/mol. The average Bonchev–Trinajstić information content (AvgIpc) is 3.54. The Morgan fingerprint density at radius 3 is 2.46 bits per heavy atom. The molecule has 0 radical (unpaired) electrons. The number of hydrogen-bond donors (Lipinski definition) is 1. The first-order valence-electron chi connectivity index (χ1n) is 12.2. The van der Waals surface area contributed by atoms with Crippen molar-refractivity contribution in [1.82, 2.24) is 13.7 Å². The number of cyclic esters (lactones) is 1. The summed E-state index contributed by atoms with van der Waals surface area (Å²) in [5.74, 6) is -1.52. The molecule has 2 aromatic heterocycles. The first-order valence-corrected chi connectivity index (χ1v) is 12.9. The highest BCUT2D eigenvalue weighted by molar-refractivity contribution is 7.00. The molecule has 6 rings (SSSR count). The van der Waals surface area contributed by atoms with E-state index in [4.69, 9.17) is 14.2 Å². The van der Waals surface area contributed by atoms with Gasteiger partial charge < -0.3 is 19.3 Å². The van der Waals surface area contributed by atoms with E-state index in [2.05, 4.69) is 13.7 Å². The van der Waals surface area contributed by atoms with E-state index in [1.54, 1.807) is 61.8 Å². The van der Waals surface area contributed by atoms with Crippen LogP contribution in [0.2, 0.25) is 0 Å². The maximum absolute atomic E-state index is 13.3. The number of fused-ring (bicyclic) bond motifs is 1. The van der Waals surface area contributed by atoms with E-state index >= 15 is 0 Å². The number of carbonyl (C=O) groups excluding carboxylic acids is 1. The minimum Gasteiger partial charge on any atom is -0.489 e. The monoisotopic (exact) mass is 537 g/mol. The SMILES string of the molecule is COc1ccc(CC2=C(c3ccc4nsnc4c3)C(=O)OC2(O)c2ccc(OCc3ccccc3)cc2)cn1. The zero-order chi connectivity index (χ0) is 26.8. The topological polar surface area (TPSA) is 104 Å². The van der Waals surface area contributed by atoms with Gasteiger partial charge in [-0.05, 0) is 53.1 Å². The Morgan fingerprint density at radius 2 is 1.72 bits per heavy atom. The highest BCUT2D eigenvalue weighted by Gasteiger charge is 2.48. The lowest BCUT2D eigenvalue weighted by atomic mass is 9.88. The van der Waals surface area contributed by atoms with Gasteiger partial charge >= 0.3 is 5.97 Å². The first-order chi connectivity index (χ1) is 19.0. The number of nitrogens with zero attached hydrogens (tertiary/aromatic N) is 3. The predicted octanol–water partition coefficient (Wildman–Crippen LogP) is 5.07. The Kier molecular flexibility index (Phi) is 6.52. The summed E-state index contributed by atoms with van der Waals surface area (Å²) in [7, 11) is 1.54. The van der Waals surface area contributed by atoms with Crippen molar-refractivity contribution < 1.29 is 24.1 Å². The van der Waals surface area contributed by atoms with Crippen LogP contribution in [0.25, 0.3) is 16.6 Å². The van der Waals surface area contributed by atoms with Gasteiger partial charge in [0.25, 0.3) is 5.79 Å². The molecule has 1 N–H and O–H groups in total. The lowest BCUT2D eigenvalue weighted by Gasteiger charge is -2.26. The van der Waals surface area contributed by atoms with Gasteiger partial charge in [-0.1, -0.05) is 42.5 Å². The van der Waals surface area contributed by atoms with Crippen LogP contribution in [0, 0.1) is 0 Å². The number of esters is 1. The van der Waals surface area contributed by atoms with Crippen molar-refractivity contribution in [3.05, 3.63) is 119 Å². The highest BCUT2D eigenvalue weighted by atomic mass is 32.1. The standard InChI is InChI=1S/C30H23N3O5S/c1-36-27-14-7-20(17-31-27)15-24-28(21-8-13-25-26(16-21)33-39-32-25)29(34)38-30(24,35)22-9-11-23(12-10-22)37-18-19-5-3-2-4-6-19/h2-14,16-17,35H,15,18H2,1H3. The number of aromatic nitrogens is 3. The van der Waals surface area contributed by atoms with Crippen LogP contribution >= 0.6 is 11.7 Å². The number of pyridine rings is 1. The third-order valence-corrected chi connectivity index (χ3v) is 7.14. The molecule has 8 nitrogen and oxygen atoms in total. The zero-order valence-corrected chi connectivity index (χ0v) is 21.7. The molecule has 0 saturated heterocycles. The minimum atomic E-state index is -1.99. The van der Waals surface area contributed by atoms with Gasteiger partial charge in [-0.15, -0.1) is 0 Å². The summed E-state index contributed by atoms with van der Waals surface area (Å²) in [5.41, 5.74) is 4.91. The van der Waals surface area contributed by atoms with Gasteiger partial charge in [0.15, 0.2) is 0 Å². The lowest BCUT2D eigenvalue weighted by Crippen LogP contribution is -2.29. The summed E-state index contributed by atoms with van der Waals surface area (Å²) >= 11 is 1.10. The molecule has 9 heteroatoms. The van der Waals surface area contributed by atoms with Crippen molar-refractivity contribution >= 4 is 34.3 Å². The molecule has 0 aliphatic carbocycles. The fourth-order valence-electron chi connectivity index (χ4n) is 4.57. The van der Waals surface area contributed by atoms with E-state index in [1.165, 1.54) is 0 Å². The van der Waals surface area contributed by atoms with Crippen LogP contribution in [0.1, 0.15) is 22.3 Å². The highest BCUT2D eigenvalue weighted by Crippen LogP contribution is 2.45. The van der Waals surface area contributed by atoms with Crippen molar-refractivity contribution in [2.45, 2.75) is 18.8 Å². The molecule has 0 spiro atoms. The van der Waals surface area contributed by atoms with Crippen LogP contribution in [0.5, 0.6) is 11.6 Å².